The molecule has 3 unspecified atom stereocenters. The van der Waals surface area contributed by atoms with E-state index in [1.807, 2.05) is 30.3 Å². The third kappa shape index (κ3) is 7.41. The summed E-state index contributed by atoms with van der Waals surface area (Å²) in [6, 6.07) is 13.8. The number of halogens is 2. The fourth-order valence-electron chi connectivity index (χ4n) is 6.49. The topological polar surface area (TPSA) is 148 Å². The molecule has 3 atom stereocenters. The largest absolute Gasteiger partial charge is 0.478 e. The molecule has 0 aliphatic carbocycles. The number of ketones is 1. The number of aliphatic carboxylic acids is 2. The van der Waals surface area contributed by atoms with Gasteiger partial charge in [0.1, 0.15) is 5.78 Å². The molecule has 0 radical (unpaired) electrons. The second-order valence-electron chi connectivity index (χ2n) is 11.6. The Kier molecular flexibility index (Phi) is 10.6. The van der Waals surface area contributed by atoms with Crippen molar-refractivity contribution in [2.45, 2.75) is 44.1 Å². The Morgan fingerprint density at radius 2 is 1.49 bits per heavy atom. The van der Waals surface area contributed by atoms with Crippen molar-refractivity contribution in [1.29, 1.82) is 0 Å². The number of amides is 1. The maximum Gasteiger partial charge on any atom is 0.334 e. The number of carbonyl (C=O) groups is 4. The Morgan fingerprint density at radius 1 is 0.822 bits per heavy atom. The quantitative estimate of drug-likeness (QED) is 0.244. The van der Waals surface area contributed by atoms with Crippen molar-refractivity contribution in [1.82, 2.24) is 20.9 Å². The van der Waals surface area contributed by atoms with Crippen molar-refractivity contribution in [3.8, 4) is 0 Å². The first-order chi connectivity index (χ1) is 21.7. The Balaban J connectivity index is 1.52. The van der Waals surface area contributed by atoms with Crippen LogP contribution in [0.5, 0.6) is 0 Å². The van der Waals surface area contributed by atoms with Crippen molar-refractivity contribution in [3.05, 3.63) is 92.2 Å². The van der Waals surface area contributed by atoms with E-state index in [1.165, 1.54) is 12.1 Å². The van der Waals surface area contributed by atoms with Gasteiger partial charge in [-0.05, 0) is 43.5 Å². The number of piperazine rings is 1. The van der Waals surface area contributed by atoms with Crippen molar-refractivity contribution >= 4 is 46.8 Å². The molecule has 2 fully saturated rings. The number of aryl methyl sites for hydroxylation is 1. The van der Waals surface area contributed by atoms with E-state index < -0.39 is 17.9 Å². The molecule has 5 N–H and O–H groups in total. The molecule has 12 heteroatoms. The summed E-state index contributed by atoms with van der Waals surface area (Å²) in [4.78, 5) is 54.4. The van der Waals surface area contributed by atoms with Gasteiger partial charge in [0, 0.05) is 65.5 Å². The van der Waals surface area contributed by atoms with Crippen LogP contribution in [0.1, 0.15) is 42.7 Å². The molecule has 0 aromatic heterocycles. The summed E-state index contributed by atoms with van der Waals surface area (Å²) in [5.74, 6) is -4.40. The minimum atomic E-state index is -1.40. The third-order valence-corrected chi connectivity index (χ3v) is 9.40. The first-order valence-electron chi connectivity index (χ1n) is 15.1. The molecule has 238 valence electrons. The smallest absolute Gasteiger partial charge is 0.334 e. The molecule has 3 aliphatic heterocycles. The number of allylic oxidation sites excluding steroid dienone is 1. The van der Waals surface area contributed by atoms with E-state index in [1.54, 1.807) is 11.0 Å². The molecule has 3 heterocycles. The highest BCUT2D eigenvalue weighted by Crippen LogP contribution is 2.45. The molecule has 0 bridgehead atoms. The molecule has 1 amide bonds. The maximum absolute atomic E-state index is 13.9. The SMILES string of the molecule is O=C(O)C1=C(CCc2ccccc2)NC(CC(=O)N2CCNCC2CC(=O)C2CCNC2)=C(C(=O)O)C1c1c(Cl)cccc1Cl. The van der Waals surface area contributed by atoms with Crippen molar-refractivity contribution in [2.75, 3.05) is 32.7 Å². The molecular formula is C33H36Cl2N4O6. The Bertz CT molecular complexity index is 1520. The van der Waals surface area contributed by atoms with Gasteiger partial charge in [-0.1, -0.05) is 59.6 Å². The number of nitrogens with zero attached hydrogens (tertiary/aromatic N) is 1. The van der Waals surface area contributed by atoms with Gasteiger partial charge in [0.15, 0.2) is 0 Å². The minimum Gasteiger partial charge on any atom is -0.478 e. The molecular weight excluding hydrogens is 619 g/mol. The number of benzene rings is 2. The highest BCUT2D eigenvalue weighted by Gasteiger charge is 2.41. The highest BCUT2D eigenvalue weighted by molar-refractivity contribution is 6.36. The van der Waals surface area contributed by atoms with Gasteiger partial charge < -0.3 is 31.1 Å². The lowest BCUT2D eigenvalue weighted by molar-refractivity contribution is -0.135. The van der Waals surface area contributed by atoms with Crippen LogP contribution in [0.4, 0.5) is 0 Å². The Morgan fingerprint density at radius 3 is 2.13 bits per heavy atom. The maximum atomic E-state index is 13.9. The van der Waals surface area contributed by atoms with Crippen LogP contribution in [0.15, 0.2) is 71.1 Å². The average molecular weight is 656 g/mol. The molecule has 0 saturated carbocycles. The molecule has 3 aliphatic rings. The first kappa shape index (κ1) is 32.7. The van der Waals surface area contributed by atoms with E-state index in [9.17, 15) is 29.4 Å². The van der Waals surface area contributed by atoms with E-state index >= 15 is 0 Å². The zero-order chi connectivity index (χ0) is 32.1. The lowest BCUT2D eigenvalue weighted by atomic mass is 9.78. The number of carboxylic acids is 2. The number of rotatable bonds is 11. The number of carboxylic acid groups (broad SMARTS) is 2. The van der Waals surface area contributed by atoms with Crippen LogP contribution in [0.2, 0.25) is 10.0 Å². The van der Waals surface area contributed by atoms with Crippen LogP contribution in [0.3, 0.4) is 0 Å². The summed E-state index contributed by atoms with van der Waals surface area (Å²) >= 11 is 13.1. The number of carbonyl (C=O) groups excluding carboxylic acids is 2. The van der Waals surface area contributed by atoms with E-state index in [4.69, 9.17) is 23.2 Å². The van der Waals surface area contributed by atoms with Crippen LogP contribution in [-0.2, 0) is 25.6 Å². The van der Waals surface area contributed by atoms with Gasteiger partial charge in [-0.3, -0.25) is 9.59 Å². The number of dihydropyridines is 1. The molecule has 2 aromatic rings. The van der Waals surface area contributed by atoms with Crippen molar-refractivity contribution in [2.24, 2.45) is 5.92 Å². The minimum absolute atomic E-state index is 0.0742. The lowest BCUT2D eigenvalue weighted by Gasteiger charge is -2.38. The summed E-state index contributed by atoms with van der Waals surface area (Å²) in [6.07, 6.45) is 1.32. The predicted octanol–water partition coefficient (Wildman–Crippen LogP) is 3.75. The van der Waals surface area contributed by atoms with E-state index in [-0.39, 0.29) is 81.1 Å². The molecule has 10 nitrogen and oxygen atoms in total. The summed E-state index contributed by atoms with van der Waals surface area (Å²) in [5, 5.41) is 30.8. The van der Waals surface area contributed by atoms with E-state index in [0.29, 0.717) is 32.6 Å². The number of Topliss-reactive ketones (excluding diaryl/α,β-unsaturated/α-hetero) is 1. The van der Waals surface area contributed by atoms with Crippen LogP contribution < -0.4 is 16.0 Å². The molecule has 5 rings (SSSR count). The average Bonchev–Trinajstić information content (AvgIpc) is 3.56. The molecule has 2 aromatic carbocycles. The number of nitrogens with one attached hydrogen (secondary N) is 3. The second-order valence-corrected chi connectivity index (χ2v) is 12.4. The first-order valence-corrected chi connectivity index (χ1v) is 15.8. The molecule has 45 heavy (non-hydrogen) atoms. The van der Waals surface area contributed by atoms with Gasteiger partial charge in [0.05, 0.1) is 29.5 Å². The fourth-order valence-corrected chi connectivity index (χ4v) is 7.11. The van der Waals surface area contributed by atoms with Gasteiger partial charge in [-0.15, -0.1) is 0 Å². The van der Waals surface area contributed by atoms with E-state index in [0.717, 1.165) is 18.5 Å². The van der Waals surface area contributed by atoms with Gasteiger partial charge in [-0.25, -0.2) is 9.59 Å². The van der Waals surface area contributed by atoms with Gasteiger partial charge >= 0.3 is 11.9 Å². The van der Waals surface area contributed by atoms with Crippen molar-refractivity contribution in [3.63, 3.8) is 0 Å². The van der Waals surface area contributed by atoms with Crippen LogP contribution in [0.25, 0.3) is 0 Å². The monoisotopic (exact) mass is 654 g/mol. The van der Waals surface area contributed by atoms with Crippen molar-refractivity contribution < 1.29 is 29.4 Å². The van der Waals surface area contributed by atoms with E-state index in [2.05, 4.69) is 16.0 Å². The normalized spacial score (nSPS) is 21.9. The summed E-state index contributed by atoms with van der Waals surface area (Å²) in [5.41, 5.74) is 0.964. The van der Waals surface area contributed by atoms with Crippen LogP contribution in [-0.4, -0.2) is 77.5 Å². The lowest BCUT2D eigenvalue weighted by Crippen LogP contribution is -2.55. The van der Waals surface area contributed by atoms with Crippen LogP contribution >= 0.6 is 23.2 Å². The zero-order valence-electron chi connectivity index (χ0n) is 24.7. The molecule has 2 saturated heterocycles. The van der Waals surface area contributed by atoms with Gasteiger partial charge in [0.25, 0.3) is 0 Å². The number of hydrogen-bond acceptors (Lipinski definition) is 7. The zero-order valence-corrected chi connectivity index (χ0v) is 26.2. The standard InChI is InChI=1S/C33H36Cl2N4O6/c34-22-7-4-8-23(35)28(22)31-29(32(42)43)24(10-9-19-5-2-1-3-6-19)38-25(30(31)33(44)45)16-27(41)39-14-13-37-18-21(39)15-26(40)20-11-12-36-17-20/h1-8,20-21,31,36-38H,9-18H2,(H,42,43)(H,44,45). The number of hydrogen-bond donors (Lipinski definition) is 5. The third-order valence-electron chi connectivity index (χ3n) is 8.74. The van der Waals surface area contributed by atoms with Crippen LogP contribution in [0, 0.1) is 5.92 Å². The Hall–Kier alpha value is -3.70. The second kappa shape index (κ2) is 14.6. The highest BCUT2D eigenvalue weighted by atomic mass is 35.5. The van der Waals surface area contributed by atoms with Gasteiger partial charge in [0.2, 0.25) is 5.91 Å². The van der Waals surface area contributed by atoms with Gasteiger partial charge in [-0.2, -0.15) is 0 Å². The Labute approximate surface area is 271 Å². The summed E-state index contributed by atoms with van der Waals surface area (Å²) < 4.78 is 0. The summed E-state index contributed by atoms with van der Waals surface area (Å²) in [7, 11) is 0. The predicted molar refractivity (Wildman–Crippen MR) is 170 cm³/mol. The fraction of sp³-hybridized carbons (Fsp3) is 0.394. The molecule has 0 spiro atoms. The summed E-state index contributed by atoms with van der Waals surface area (Å²) in [6.45, 7) is 2.74.